The number of sulfonamides is 1. The molecule has 0 unspecified atom stereocenters. The van der Waals surface area contributed by atoms with Gasteiger partial charge in [-0.3, -0.25) is 4.31 Å². The van der Waals surface area contributed by atoms with Crippen molar-refractivity contribution in [2.24, 2.45) is 0 Å². The average Bonchev–Trinajstić information content (AvgIpc) is 2.70. The molecule has 8 heteroatoms. The van der Waals surface area contributed by atoms with Crippen LogP contribution >= 0.6 is 15.9 Å². The fourth-order valence-electron chi connectivity index (χ4n) is 1.92. The molecule has 0 spiro atoms. The van der Waals surface area contributed by atoms with Gasteiger partial charge in [0.05, 0.1) is 24.1 Å². The Balaban J connectivity index is 2.58. The van der Waals surface area contributed by atoms with Crippen LogP contribution in [0.25, 0.3) is 0 Å². The Bertz CT molecular complexity index is 632. The van der Waals surface area contributed by atoms with Crippen LogP contribution in [0.3, 0.4) is 0 Å². The summed E-state index contributed by atoms with van der Waals surface area (Å²) in [5.74, 6) is -1.76. The second-order valence-corrected chi connectivity index (χ2v) is 6.95. The molecule has 1 aromatic rings. The Morgan fingerprint density at radius 2 is 2.16 bits per heavy atom. The van der Waals surface area contributed by atoms with E-state index in [0.717, 1.165) is 11.4 Å². The molecular weight excluding hydrogens is 341 g/mol. The minimum Gasteiger partial charge on any atom is -0.465 e. The first kappa shape index (κ1) is 14.3. The van der Waals surface area contributed by atoms with Crippen LogP contribution in [0.2, 0.25) is 0 Å². The van der Waals surface area contributed by atoms with Gasteiger partial charge in [-0.2, -0.15) is 0 Å². The third-order valence-electron chi connectivity index (χ3n) is 2.79. The molecule has 1 aliphatic heterocycles. The first-order valence-corrected chi connectivity index (χ1v) is 7.85. The van der Waals surface area contributed by atoms with E-state index in [4.69, 9.17) is 0 Å². The third kappa shape index (κ3) is 2.59. The number of rotatable bonds is 2. The molecule has 1 aromatic carbocycles. The van der Waals surface area contributed by atoms with Gasteiger partial charge >= 0.3 is 5.97 Å². The number of anilines is 1. The Labute approximate surface area is 118 Å². The molecule has 2 rings (SSSR count). The summed E-state index contributed by atoms with van der Waals surface area (Å²) in [4.78, 5) is 11.5. The molecule has 0 amide bonds. The molecule has 1 aliphatic rings. The van der Waals surface area contributed by atoms with Crippen LogP contribution in [0.1, 0.15) is 16.8 Å². The molecule has 0 aliphatic carbocycles. The minimum absolute atomic E-state index is 0.0213. The Hall–Kier alpha value is -1.15. The van der Waals surface area contributed by atoms with Gasteiger partial charge in [-0.25, -0.2) is 17.6 Å². The molecule has 1 heterocycles. The lowest BCUT2D eigenvalue weighted by Gasteiger charge is -2.19. The van der Waals surface area contributed by atoms with Gasteiger partial charge in [0.25, 0.3) is 0 Å². The minimum atomic E-state index is -3.51. The van der Waals surface area contributed by atoms with E-state index in [0.29, 0.717) is 10.9 Å². The average molecular weight is 352 g/mol. The van der Waals surface area contributed by atoms with Gasteiger partial charge in [-0.05, 0) is 18.6 Å². The summed E-state index contributed by atoms with van der Waals surface area (Å²) in [6.07, 6.45) is 0.432. The highest BCUT2D eigenvalue weighted by atomic mass is 79.9. The Morgan fingerprint density at radius 1 is 1.47 bits per heavy atom. The molecule has 0 bridgehead atoms. The fraction of sp³-hybridized carbons (Fsp3) is 0.364. The summed E-state index contributed by atoms with van der Waals surface area (Å²) in [6.45, 7) is 0.205. The molecule has 0 N–H and O–H groups in total. The van der Waals surface area contributed by atoms with E-state index in [2.05, 4.69) is 20.7 Å². The standard InChI is InChI=1S/C11H11BrFNO4S/c1-18-11(15)8-5-7(12)6-9(10(8)13)14-3-2-4-19(14,16)17/h5-6H,2-4H2,1H3. The van der Waals surface area contributed by atoms with Gasteiger partial charge < -0.3 is 4.74 Å². The van der Waals surface area contributed by atoms with Crippen molar-refractivity contribution in [3.8, 4) is 0 Å². The van der Waals surface area contributed by atoms with Crippen molar-refractivity contribution in [1.29, 1.82) is 0 Å². The number of hydrogen-bond donors (Lipinski definition) is 0. The van der Waals surface area contributed by atoms with Gasteiger partial charge in [0, 0.05) is 11.0 Å². The van der Waals surface area contributed by atoms with E-state index in [1.807, 2.05) is 0 Å². The maximum atomic E-state index is 14.3. The van der Waals surface area contributed by atoms with Gasteiger partial charge in [-0.1, -0.05) is 15.9 Å². The van der Waals surface area contributed by atoms with E-state index in [9.17, 15) is 17.6 Å². The second kappa shape index (κ2) is 5.09. The van der Waals surface area contributed by atoms with E-state index in [1.165, 1.54) is 12.1 Å². The molecule has 0 atom stereocenters. The molecule has 0 saturated carbocycles. The van der Waals surface area contributed by atoms with Gasteiger partial charge in [0.15, 0.2) is 5.82 Å². The van der Waals surface area contributed by atoms with Crippen molar-refractivity contribution in [3.05, 3.63) is 28.0 Å². The van der Waals surface area contributed by atoms with Crippen LogP contribution in [0.5, 0.6) is 0 Å². The molecule has 0 radical (unpaired) electrons. The predicted octanol–water partition coefficient (Wildman–Crippen LogP) is 1.91. The summed E-state index contributed by atoms with van der Waals surface area (Å²) in [7, 11) is -2.37. The van der Waals surface area contributed by atoms with Gasteiger partial charge in [0.2, 0.25) is 10.0 Å². The molecule has 0 aromatic heterocycles. The molecule has 19 heavy (non-hydrogen) atoms. The highest BCUT2D eigenvalue weighted by molar-refractivity contribution is 9.10. The van der Waals surface area contributed by atoms with E-state index in [-0.39, 0.29) is 23.5 Å². The summed E-state index contributed by atoms with van der Waals surface area (Å²) >= 11 is 3.13. The van der Waals surface area contributed by atoms with Gasteiger partial charge in [-0.15, -0.1) is 0 Å². The molecule has 1 saturated heterocycles. The monoisotopic (exact) mass is 351 g/mol. The number of ether oxygens (including phenoxy) is 1. The summed E-state index contributed by atoms with van der Waals surface area (Å²) in [5, 5.41) is 0. The number of esters is 1. The summed E-state index contributed by atoms with van der Waals surface area (Å²) < 4.78 is 43.7. The smallest absolute Gasteiger partial charge is 0.340 e. The maximum absolute atomic E-state index is 14.3. The molecule has 5 nitrogen and oxygen atoms in total. The lowest BCUT2D eigenvalue weighted by atomic mass is 10.2. The highest BCUT2D eigenvalue weighted by Crippen LogP contribution is 2.32. The number of halogens is 2. The van der Waals surface area contributed by atoms with Gasteiger partial charge in [0.1, 0.15) is 0 Å². The lowest BCUT2D eigenvalue weighted by Crippen LogP contribution is -2.26. The summed E-state index contributed by atoms with van der Waals surface area (Å²) in [6, 6.07) is 2.60. The van der Waals surface area contributed by atoms with Crippen LogP contribution in [0, 0.1) is 5.82 Å². The summed E-state index contributed by atoms with van der Waals surface area (Å²) in [5.41, 5.74) is -0.429. The van der Waals surface area contributed by atoms with Crippen molar-refractivity contribution in [2.75, 3.05) is 23.7 Å². The van der Waals surface area contributed by atoms with Crippen LogP contribution in [0.15, 0.2) is 16.6 Å². The van der Waals surface area contributed by atoms with Crippen molar-refractivity contribution < 1.29 is 22.3 Å². The fourth-order valence-corrected chi connectivity index (χ4v) is 3.92. The highest BCUT2D eigenvalue weighted by Gasteiger charge is 2.32. The van der Waals surface area contributed by atoms with Crippen LogP contribution in [0.4, 0.5) is 10.1 Å². The maximum Gasteiger partial charge on any atom is 0.340 e. The van der Waals surface area contributed by atoms with Crippen LogP contribution in [-0.4, -0.2) is 33.8 Å². The topological polar surface area (TPSA) is 63.7 Å². The number of methoxy groups -OCH3 is 1. The van der Waals surface area contributed by atoms with Crippen molar-refractivity contribution >= 4 is 37.6 Å². The van der Waals surface area contributed by atoms with E-state index < -0.39 is 21.8 Å². The second-order valence-electron chi connectivity index (χ2n) is 4.02. The normalized spacial score (nSPS) is 17.5. The zero-order chi connectivity index (χ0) is 14.2. The largest absolute Gasteiger partial charge is 0.465 e. The van der Waals surface area contributed by atoms with Crippen molar-refractivity contribution in [3.63, 3.8) is 0 Å². The van der Waals surface area contributed by atoms with E-state index >= 15 is 0 Å². The zero-order valence-electron chi connectivity index (χ0n) is 10.0. The number of nitrogens with zero attached hydrogens (tertiary/aromatic N) is 1. The van der Waals surface area contributed by atoms with Crippen LogP contribution in [-0.2, 0) is 14.8 Å². The van der Waals surface area contributed by atoms with Crippen LogP contribution < -0.4 is 4.31 Å². The lowest BCUT2D eigenvalue weighted by molar-refractivity contribution is 0.0595. The number of hydrogen-bond acceptors (Lipinski definition) is 4. The van der Waals surface area contributed by atoms with Crippen molar-refractivity contribution in [2.45, 2.75) is 6.42 Å². The molecule has 104 valence electrons. The molecular formula is C11H11BrFNO4S. The number of carbonyl (C=O) groups excluding carboxylic acids is 1. The SMILES string of the molecule is COC(=O)c1cc(Br)cc(N2CCCS2(=O)=O)c1F. The quantitative estimate of drug-likeness (QED) is 0.763. The zero-order valence-corrected chi connectivity index (χ0v) is 12.4. The van der Waals surface area contributed by atoms with Crippen molar-refractivity contribution in [1.82, 2.24) is 0 Å². The number of benzene rings is 1. The van der Waals surface area contributed by atoms with E-state index in [1.54, 1.807) is 0 Å². The Kier molecular flexibility index (Phi) is 3.82. The number of carbonyl (C=O) groups is 1. The third-order valence-corrected chi connectivity index (χ3v) is 5.10. The predicted molar refractivity (Wildman–Crippen MR) is 71.2 cm³/mol. The first-order chi connectivity index (χ1) is 8.86. The first-order valence-electron chi connectivity index (χ1n) is 5.44. The Morgan fingerprint density at radius 3 is 2.68 bits per heavy atom. The molecule has 1 fully saturated rings.